The van der Waals surface area contributed by atoms with Crippen LogP contribution in [0.2, 0.25) is 0 Å². The van der Waals surface area contributed by atoms with Gasteiger partial charge in [-0.3, -0.25) is 10.0 Å². The first-order valence-electron chi connectivity index (χ1n) is 4.35. The van der Waals surface area contributed by atoms with E-state index in [1.54, 1.807) is 31.5 Å². The van der Waals surface area contributed by atoms with Crippen LogP contribution >= 0.6 is 15.9 Å². The molecule has 0 aromatic heterocycles. The van der Waals surface area contributed by atoms with E-state index in [0.29, 0.717) is 5.75 Å². The SMILES string of the molecule is CC(C)(Oc1ccc(Br)cc1)C(=O)NO. The molecule has 0 fully saturated rings. The van der Waals surface area contributed by atoms with Gasteiger partial charge in [-0.25, -0.2) is 5.48 Å². The zero-order valence-corrected chi connectivity index (χ0v) is 10.0. The van der Waals surface area contributed by atoms with Gasteiger partial charge in [0.1, 0.15) is 5.75 Å². The van der Waals surface area contributed by atoms with Crippen LogP contribution < -0.4 is 10.2 Å². The Hall–Kier alpha value is -1.07. The number of nitrogens with one attached hydrogen (secondary N) is 1. The second kappa shape index (κ2) is 4.63. The quantitative estimate of drug-likeness (QED) is 0.655. The van der Waals surface area contributed by atoms with Crippen molar-refractivity contribution in [2.75, 3.05) is 0 Å². The fourth-order valence-corrected chi connectivity index (χ4v) is 1.24. The van der Waals surface area contributed by atoms with Gasteiger partial charge in [0.25, 0.3) is 5.91 Å². The molecule has 2 N–H and O–H groups in total. The standard InChI is InChI=1S/C10H12BrNO3/c1-10(2,9(13)12-14)15-8-5-3-7(11)4-6-8/h3-6,14H,1-2H3,(H,12,13). The molecule has 1 aromatic rings. The van der Waals surface area contributed by atoms with Gasteiger partial charge in [0.15, 0.2) is 5.60 Å². The van der Waals surface area contributed by atoms with Gasteiger partial charge in [0.05, 0.1) is 0 Å². The number of hydrogen-bond donors (Lipinski definition) is 2. The number of ether oxygens (including phenoxy) is 1. The molecule has 0 aliphatic carbocycles. The first-order chi connectivity index (χ1) is 6.95. The number of benzene rings is 1. The predicted molar refractivity (Wildman–Crippen MR) is 58.8 cm³/mol. The molecule has 1 rings (SSSR count). The van der Waals surface area contributed by atoms with E-state index in [9.17, 15) is 4.79 Å². The Labute approximate surface area is 96.3 Å². The van der Waals surface area contributed by atoms with Crippen molar-refractivity contribution in [1.29, 1.82) is 0 Å². The van der Waals surface area contributed by atoms with Gasteiger partial charge in [0, 0.05) is 4.47 Å². The summed E-state index contributed by atoms with van der Waals surface area (Å²) in [7, 11) is 0. The molecule has 0 radical (unpaired) electrons. The Kier molecular flexibility index (Phi) is 3.71. The molecule has 0 atom stereocenters. The lowest BCUT2D eigenvalue weighted by Crippen LogP contribution is -2.45. The minimum Gasteiger partial charge on any atom is -0.478 e. The molecule has 0 saturated carbocycles. The lowest BCUT2D eigenvalue weighted by molar-refractivity contribution is -0.143. The molecule has 0 spiro atoms. The molecule has 0 heterocycles. The zero-order valence-electron chi connectivity index (χ0n) is 8.45. The summed E-state index contributed by atoms with van der Waals surface area (Å²) in [5.41, 5.74) is 0.455. The maximum Gasteiger partial charge on any atom is 0.286 e. The van der Waals surface area contributed by atoms with Crippen LogP contribution in [0.5, 0.6) is 5.75 Å². The van der Waals surface area contributed by atoms with Gasteiger partial charge >= 0.3 is 0 Å². The van der Waals surface area contributed by atoms with Crippen LogP contribution in [-0.4, -0.2) is 16.7 Å². The lowest BCUT2D eigenvalue weighted by Gasteiger charge is -2.23. The molecule has 4 nitrogen and oxygen atoms in total. The lowest BCUT2D eigenvalue weighted by atomic mass is 10.1. The highest BCUT2D eigenvalue weighted by molar-refractivity contribution is 9.10. The molecule has 0 aliphatic rings. The Morgan fingerprint density at radius 2 is 1.93 bits per heavy atom. The predicted octanol–water partition coefficient (Wildman–Crippen LogP) is 2.11. The Morgan fingerprint density at radius 1 is 1.40 bits per heavy atom. The third-order valence-corrected chi connectivity index (χ3v) is 2.36. The average molecular weight is 274 g/mol. The third-order valence-electron chi connectivity index (χ3n) is 1.84. The Bertz CT molecular complexity index is 348. The molecule has 0 saturated heterocycles. The van der Waals surface area contributed by atoms with Crippen LogP contribution in [0.25, 0.3) is 0 Å². The topological polar surface area (TPSA) is 58.6 Å². The molecular weight excluding hydrogens is 262 g/mol. The Morgan fingerprint density at radius 3 is 2.40 bits per heavy atom. The molecule has 0 bridgehead atoms. The minimum atomic E-state index is -1.11. The molecule has 82 valence electrons. The van der Waals surface area contributed by atoms with Gasteiger partial charge in [-0.2, -0.15) is 0 Å². The van der Waals surface area contributed by atoms with Crippen LogP contribution in [0, 0.1) is 0 Å². The van der Waals surface area contributed by atoms with Crippen LogP contribution in [0.15, 0.2) is 28.7 Å². The molecule has 1 amide bonds. The van der Waals surface area contributed by atoms with Gasteiger partial charge in [-0.1, -0.05) is 15.9 Å². The third kappa shape index (κ3) is 3.21. The highest BCUT2D eigenvalue weighted by Crippen LogP contribution is 2.21. The number of amides is 1. The number of rotatable bonds is 3. The van der Waals surface area contributed by atoms with Crippen molar-refractivity contribution in [2.45, 2.75) is 19.4 Å². The average Bonchev–Trinajstić information content (AvgIpc) is 2.20. The van der Waals surface area contributed by atoms with E-state index in [1.807, 2.05) is 12.1 Å². The number of halogens is 1. The highest BCUT2D eigenvalue weighted by Gasteiger charge is 2.29. The fourth-order valence-electron chi connectivity index (χ4n) is 0.978. The summed E-state index contributed by atoms with van der Waals surface area (Å²) in [6.45, 7) is 3.14. The molecule has 5 heteroatoms. The van der Waals surface area contributed by atoms with Crippen LogP contribution in [0.1, 0.15) is 13.8 Å². The van der Waals surface area contributed by atoms with Crippen molar-refractivity contribution in [2.24, 2.45) is 0 Å². The van der Waals surface area contributed by atoms with Crippen molar-refractivity contribution in [3.63, 3.8) is 0 Å². The van der Waals surface area contributed by atoms with E-state index in [2.05, 4.69) is 15.9 Å². The minimum absolute atomic E-state index is 0.562. The van der Waals surface area contributed by atoms with E-state index in [-0.39, 0.29) is 0 Å². The highest BCUT2D eigenvalue weighted by atomic mass is 79.9. The van der Waals surface area contributed by atoms with Crippen molar-refractivity contribution in [3.05, 3.63) is 28.7 Å². The van der Waals surface area contributed by atoms with Gasteiger partial charge in [-0.15, -0.1) is 0 Å². The summed E-state index contributed by atoms with van der Waals surface area (Å²) in [6.07, 6.45) is 0. The molecular formula is C10H12BrNO3. The van der Waals surface area contributed by atoms with E-state index in [1.165, 1.54) is 0 Å². The summed E-state index contributed by atoms with van der Waals surface area (Å²) in [5, 5.41) is 8.51. The zero-order chi connectivity index (χ0) is 11.5. The second-order valence-electron chi connectivity index (χ2n) is 3.51. The van der Waals surface area contributed by atoms with Crippen LogP contribution in [0.3, 0.4) is 0 Å². The van der Waals surface area contributed by atoms with Crippen molar-refractivity contribution < 1.29 is 14.7 Å². The van der Waals surface area contributed by atoms with Gasteiger partial charge in [-0.05, 0) is 38.1 Å². The number of carbonyl (C=O) groups is 1. The van der Waals surface area contributed by atoms with Crippen LogP contribution in [-0.2, 0) is 4.79 Å². The van der Waals surface area contributed by atoms with Crippen molar-refractivity contribution in [3.8, 4) is 5.75 Å². The summed E-state index contributed by atoms with van der Waals surface area (Å²) in [6, 6.07) is 7.08. The van der Waals surface area contributed by atoms with Crippen molar-refractivity contribution in [1.82, 2.24) is 5.48 Å². The van der Waals surface area contributed by atoms with Gasteiger partial charge < -0.3 is 4.74 Å². The normalized spacial score (nSPS) is 10.9. The first-order valence-corrected chi connectivity index (χ1v) is 5.14. The molecule has 15 heavy (non-hydrogen) atoms. The smallest absolute Gasteiger partial charge is 0.286 e. The van der Waals surface area contributed by atoms with Crippen LogP contribution in [0.4, 0.5) is 0 Å². The largest absolute Gasteiger partial charge is 0.478 e. The van der Waals surface area contributed by atoms with Crippen molar-refractivity contribution >= 4 is 21.8 Å². The number of carbonyl (C=O) groups excluding carboxylic acids is 1. The molecule has 1 aromatic carbocycles. The van der Waals surface area contributed by atoms with E-state index in [0.717, 1.165) is 4.47 Å². The van der Waals surface area contributed by atoms with E-state index < -0.39 is 11.5 Å². The Balaban J connectivity index is 2.77. The molecule has 0 aliphatic heterocycles. The van der Waals surface area contributed by atoms with E-state index >= 15 is 0 Å². The maximum absolute atomic E-state index is 11.2. The second-order valence-corrected chi connectivity index (χ2v) is 4.42. The number of hydrogen-bond acceptors (Lipinski definition) is 3. The monoisotopic (exact) mass is 273 g/mol. The molecule has 0 unspecified atom stereocenters. The van der Waals surface area contributed by atoms with Gasteiger partial charge in [0.2, 0.25) is 0 Å². The van der Waals surface area contributed by atoms with E-state index in [4.69, 9.17) is 9.94 Å². The summed E-state index contributed by atoms with van der Waals surface area (Å²) in [5.74, 6) is -0.0304. The fraction of sp³-hybridized carbons (Fsp3) is 0.300. The summed E-state index contributed by atoms with van der Waals surface area (Å²) < 4.78 is 6.35. The summed E-state index contributed by atoms with van der Waals surface area (Å²) >= 11 is 3.29. The number of hydroxylamine groups is 1. The summed E-state index contributed by atoms with van der Waals surface area (Å²) in [4.78, 5) is 11.2. The maximum atomic E-state index is 11.2. The first kappa shape index (κ1) is 12.0.